The summed E-state index contributed by atoms with van der Waals surface area (Å²) in [5, 5.41) is 0. The molecule has 2 amide bonds. The number of carbonyl (C=O) groups excluding carboxylic acids is 2. The van der Waals surface area contributed by atoms with Crippen LogP contribution in [0.5, 0.6) is 0 Å². The minimum Gasteiger partial charge on any atom is -0.366 e. The van der Waals surface area contributed by atoms with Crippen LogP contribution in [0.4, 0.5) is 5.69 Å². The number of nitrogens with zero attached hydrogens (tertiary/aromatic N) is 2. The quantitative estimate of drug-likeness (QED) is 0.749. The number of amides is 2. The average Bonchev–Trinajstić information content (AvgIpc) is 2.96. The second-order valence-electron chi connectivity index (χ2n) is 7.80. The van der Waals surface area contributed by atoms with Crippen LogP contribution in [0, 0.1) is 20.8 Å². The van der Waals surface area contributed by atoms with E-state index in [9.17, 15) is 9.59 Å². The second-order valence-corrected chi connectivity index (χ2v) is 7.80. The number of hydrogen-bond acceptors (Lipinski definition) is 3. The van der Waals surface area contributed by atoms with Crippen molar-refractivity contribution in [1.82, 2.24) is 4.90 Å². The largest absolute Gasteiger partial charge is 0.366 e. The van der Waals surface area contributed by atoms with E-state index >= 15 is 0 Å². The number of imide groups is 1. The van der Waals surface area contributed by atoms with Crippen LogP contribution in [0.3, 0.4) is 0 Å². The summed E-state index contributed by atoms with van der Waals surface area (Å²) < 4.78 is 0. The van der Waals surface area contributed by atoms with Gasteiger partial charge in [-0.1, -0.05) is 42.0 Å². The molecule has 0 aliphatic carbocycles. The first-order chi connectivity index (χ1) is 13.5. The fourth-order valence-electron chi connectivity index (χ4n) is 4.11. The van der Waals surface area contributed by atoms with Gasteiger partial charge in [0.1, 0.15) is 5.70 Å². The Labute approximate surface area is 166 Å². The van der Waals surface area contributed by atoms with Crippen LogP contribution in [0.25, 0.3) is 5.57 Å². The normalized spacial score (nSPS) is 17.7. The van der Waals surface area contributed by atoms with Crippen LogP contribution in [0.15, 0.2) is 48.2 Å². The van der Waals surface area contributed by atoms with Gasteiger partial charge in [-0.3, -0.25) is 9.59 Å². The lowest BCUT2D eigenvalue weighted by molar-refractivity contribution is -0.120. The van der Waals surface area contributed by atoms with Crippen molar-refractivity contribution in [1.29, 1.82) is 0 Å². The molecule has 0 aromatic heterocycles. The molecule has 2 aromatic rings. The van der Waals surface area contributed by atoms with Crippen LogP contribution >= 0.6 is 0 Å². The van der Waals surface area contributed by atoms with Crippen LogP contribution < -0.4 is 4.90 Å². The van der Waals surface area contributed by atoms with E-state index in [1.807, 2.05) is 63.2 Å². The van der Waals surface area contributed by atoms with E-state index in [1.54, 1.807) is 0 Å². The van der Waals surface area contributed by atoms with Crippen molar-refractivity contribution < 1.29 is 9.59 Å². The Morgan fingerprint density at radius 3 is 2.14 bits per heavy atom. The third-order valence-electron chi connectivity index (χ3n) is 5.89. The highest BCUT2D eigenvalue weighted by Gasteiger charge is 2.43. The molecule has 1 fully saturated rings. The molecule has 144 valence electrons. The Bertz CT molecular complexity index is 967. The van der Waals surface area contributed by atoms with Gasteiger partial charge in [0.15, 0.2) is 0 Å². The first-order valence-corrected chi connectivity index (χ1v) is 10.0. The first-order valence-electron chi connectivity index (χ1n) is 10.0. The van der Waals surface area contributed by atoms with Crippen molar-refractivity contribution in [2.45, 2.75) is 40.0 Å². The minimum absolute atomic E-state index is 0.198. The highest BCUT2D eigenvalue weighted by molar-refractivity contribution is 6.45. The maximum absolute atomic E-state index is 13.5. The summed E-state index contributed by atoms with van der Waals surface area (Å²) in [6, 6.07) is 13.7. The van der Waals surface area contributed by atoms with Gasteiger partial charge in [0, 0.05) is 13.1 Å². The molecule has 2 aliphatic heterocycles. The fourth-order valence-corrected chi connectivity index (χ4v) is 4.11. The smallest absolute Gasteiger partial charge is 0.282 e. The van der Waals surface area contributed by atoms with Crippen LogP contribution in [-0.2, 0) is 9.59 Å². The molecule has 0 unspecified atom stereocenters. The van der Waals surface area contributed by atoms with Gasteiger partial charge in [0.05, 0.1) is 11.3 Å². The molecule has 0 N–H and O–H groups in total. The van der Waals surface area contributed by atoms with Crippen molar-refractivity contribution in [2.24, 2.45) is 0 Å². The number of benzene rings is 2. The Hall–Kier alpha value is -2.88. The Morgan fingerprint density at radius 1 is 0.786 bits per heavy atom. The molecule has 0 saturated carbocycles. The minimum atomic E-state index is -0.219. The molecular formula is C24H26N2O2. The van der Waals surface area contributed by atoms with Crippen molar-refractivity contribution in [3.8, 4) is 0 Å². The van der Waals surface area contributed by atoms with E-state index in [0.29, 0.717) is 17.0 Å². The summed E-state index contributed by atoms with van der Waals surface area (Å²) in [6.07, 6.45) is 3.28. The molecule has 2 aromatic carbocycles. The molecule has 2 aliphatic rings. The predicted octanol–water partition coefficient (Wildman–Crippen LogP) is 4.38. The molecule has 28 heavy (non-hydrogen) atoms. The third kappa shape index (κ3) is 3.03. The van der Waals surface area contributed by atoms with Gasteiger partial charge in [-0.25, -0.2) is 4.90 Å². The Kier molecular flexibility index (Phi) is 4.80. The summed E-state index contributed by atoms with van der Waals surface area (Å²) in [5.41, 5.74) is 5.77. The summed E-state index contributed by atoms with van der Waals surface area (Å²) in [6.45, 7) is 7.64. The number of aryl methyl sites for hydroxylation is 2. The predicted molar refractivity (Wildman–Crippen MR) is 112 cm³/mol. The third-order valence-corrected chi connectivity index (χ3v) is 5.89. The average molecular weight is 374 g/mol. The highest BCUT2D eigenvalue weighted by Crippen LogP contribution is 2.37. The van der Waals surface area contributed by atoms with Gasteiger partial charge in [0.25, 0.3) is 11.8 Å². The molecule has 0 bridgehead atoms. The van der Waals surface area contributed by atoms with Gasteiger partial charge >= 0.3 is 0 Å². The van der Waals surface area contributed by atoms with Crippen LogP contribution in [-0.4, -0.2) is 29.8 Å². The SMILES string of the molecule is Cc1ccc(C2=C(N3CCCCC3)C(=O)N(c3cccc(C)c3C)C2=O)cc1. The van der Waals surface area contributed by atoms with Crippen LogP contribution in [0.2, 0.25) is 0 Å². The Balaban J connectivity index is 1.85. The van der Waals surface area contributed by atoms with E-state index in [2.05, 4.69) is 4.90 Å². The molecular weight excluding hydrogens is 348 g/mol. The summed E-state index contributed by atoms with van der Waals surface area (Å²) >= 11 is 0. The molecule has 0 atom stereocenters. The highest BCUT2D eigenvalue weighted by atomic mass is 16.2. The molecule has 0 radical (unpaired) electrons. The van der Waals surface area contributed by atoms with Gasteiger partial charge in [-0.2, -0.15) is 0 Å². The number of rotatable bonds is 3. The topological polar surface area (TPSA) is 40.6 Å². The zero-order chi connectivity index (χ0) is 19.8. The maximum Gasteiger partial charge on any atom is 0.282 e. The fraction of sp³-hybridized carbons (Fsp3) is 0.333. The zero-order valence-corrected chi connectivity index (χ0v) is 16.8. The van der Waals surface area contributed by atoms with Crippen molar-refractivity contribution in [3.63, 3.8) is 0 Å². The molecule has 2 heterocycles. The van der Waals surface area contributed by atoms with Crippen molar-refractivity contribution >= 4 is 23.1 Å². The lowest BCUT2D eigenvalue weighted by Crippen LogP contribution is -2.37. The number of carbonyl (C=O) groups is 2. The van der Waals surface area contributed by atoms with Gasteiger partial charge in [-0.05, 0) is 62.8 Å². The van der Waals surface area contributed by atoms with E-state index in [0.717, 1.165) is 48.2 Å². The van der Waals surface area contributed by atoms with Gasteiger partial charge < -0.3 is 4.90 Å². The standard InChI is InChI=1S/C24H26N2O2/c1-16-10-12-19(13-11-16)21-22(25-14-5-4-6-15-25)24(28)26(23(21)27)20-9-7-8-17(2)18(20)3/h7-13H,4-6,14-15H2,1-3H3. The van der Waals surface area contributed by atoms with E-state index < -0.39 is 0 Å². The number of likely N-dealkylation sites (tertiary alicyclic amines) is 1. The van der Waals surface area contributed by atoms with E-state index in [4.69, 9.17) is 0 Å². The monoisotopic (exact) mass is 374 g/mol. The molecule has 4 nitrogen and oxygen atoms in total. The Morgan fingerprint density at radius 2 is 1.46 bits per heavy atom. The summed E-state index contributed by atoms with van der Waals surface area (Å²) in [4.78, 5) is 30.6. The number of anilines is 1. The molecule has 4 heteroatoms. The van der Waals surface area contributed by atoms with Crippen molar-refractivity contribution in [2.75, 3.05) is 18.0 Å². The van der Waals surface area contributed by atoms with Gasteiger partial charge in [0.2, 0.25) is 0 Å². The molecule has 4 rings (SSSR count). The lowest BCUT2D eigenvalue weighted by Gasteiger charge is -2.29. The van der Waals surface area contributed by atoms with Crippen LogP contribution in [0.1, 0.15) is 41.5 Å². The summed E-state index contributed by atoms with van der Waals surface area (Å²) in [7, 11) is 0. The summed E-state index contributed by atoms with van der Waals surface area (Å²) in [5.74, 6) is -0.417. The van der Waals surface area contributed by atoms with E-state index in [1.165, 1.54) is 11.3 Å². The lowest BCUT2D eigenvalue weighted by atomic mass is 10.0. The van der Waals surface area contributed by atoms with E-state index in [-0.39, 0.29) is 11.8 Å². The first kappa shape index (κ1) is 18.5. The van der Waals surface area contributed by atoms with Crippen molar-refractivity contribution in [3.05, 3.63) is 70.4 Å². The van der Waals surface area contributed by atoms with Gasteiger partial charge in [-0.15, -0.1) is 0 Å². The molecule has 0 spiro atoms. The number of hydrogen-bond donors (Lipinski definition) is 0. The number of piperidine rings is 1. The second kappa shape index (κ2) is 7.27. The molecule has 1 saturated heterocycles. The maximum atomic E-state index is 13.5. The zero-order valence-electron chi connectivity index (χ0n) is 16.8.